The van der Waals surface area contributed by atoms with Crippen LogP contribution in [0.4, 0.5) is 4.79 Å². The molecule has 0 aromatic rings. The van der Waals surface area contributed by atoms with Crippen molar-refractivity contribution < 1.29 is 28.6 Å². The summed E-state index contributed by atoms with van der Waals surface area (Å²) < 4.78 is 9.60. The summed E-state index contributed by atoms with van der Waals surface area (Å²) in [6.07, 6.45) is -1.98. The molecule has 0 heterocycles. The highest BCUT2D eigenvalue weighted by atomic mass is 32.5. The number of rotatable bonds is 5. The summed E-state index contributed by atoms with van der Waals surface area (Å²) in [5.41, 5.74) is 4.34. The van der Waals surface area contributed by atoms with Gasteiger partial charge in [0.15, 0.2) is 0 Å². The van der Waals surface area contributed by atoms with Gasteiger partial charge in [-0.2, -0.15) is 0 Å². The van der Waals surface area contributed by atoms with Gasteiger partial charge < -0.3 is 30.1 Å². The van der Waals surface area contributed by atoms with E-state index in [1.54, 1.807) is 20.8 Å². The fourth-order valence-corrected chi connectivity index (χ4v) is 2.09. The van der Waals surface area contributed by atoms with E-state index in [0.29, 0.717) is 0 Å². The van der Waals surface area contributed by atoms with E-state index in [4.69, 9.17) is 20.3 Å². The van der Waals surface area contributed by atoms with Crippen LogP contribution in [0.3, 0.4) is 0 Å². The van der Waals surface area contributed by atoms with E-state index in [9.17, 15) is 9.59 Å². The van der Waals surface area contributed by atoms with Gasteiger partial charge >= 0.3 is 12.8 Å². The highest BCUT2D eigenvalue weighted by Crippen LogP contribution is 2.38. The Hall–Kier alpha value is -0.730. The smallest absolute Gasteiger partial charge is 0.408 e. The Morgan fingerprint density at radius 1 is 1.37 bits per heavy atom. The van der Waals surface area contributed by atoms with Gasteiger partial charge in [0.25, 0.3) is 0 Å². The number of ether oxygens (including phenoxy) is 1. The minimum absolute atomic E-state index is 0.751. The predicted octanol–water partition coefficient (Wildman–Crippen LogP) is -0.0208. The SMILES string of the molecule is CC(OP(O)(O)=S)[C@H](NC(=O)OC(C)(C)C)C(N)=O. The number of hydrogen-bond donors (Lipinski definition) is 4. The first-order valence-electron chi connectivity index (χ1n) is 5.34. The largest absolute Gasteiger partial charge is 0.444 e. The molecule has 19 heavy (non-hydrogen) atoms. The Bertz CT molecular complexity index is 391. The lowest BCUT2D eigenvalue weighted by Gasteiger charge is -2.26. The molecule has 0 fully saturated rings. The lowest BCUT2D eigenvalue weighted by molar-refractivity contribution is -0.122. The van der Waals surface area contributed by atoms with Crippen LogP contribution in [0.5, 0.6) is 0 Å². The average Bonchev–Trinajstić information content (AvgIpc) is 2.07. The molecule has 8 nitrogen and oxygen atoms in total. The summed E-state index contributed by atoms with van der Waals surface area (Å²) in [5.74, 6) is -0.915. The zero-order valence-corrected chi connectivity index (χ0v) is 12.8. The summed E-state index contributed by atoms with van der Waals surface area (Å²) in [6.45, 7) is 2.29. The monoisotopic (exact) mass is 314 g/mol. The fraction of sp³-hybridized carbons (Fsp3) is 0.778. The van der Waals surface area contributed by atoms with E-state index in [1.807, 2.05) is 0 Å². The van der Waals surface area contributed by atoms with Crippen molar-refractivity contribution in [2.24, 2.45) is 5.73 Å². The van der Waals surface area contributed by atoms with Crippen LogP contribution in [0.1, 0.15) is 27.7 Å². The second kappa shape index (κ2) is 6.62. The fourth-order valence-electron chi connectivity index (χ4n) is 1.13. The Balaban J connectivity index is 4.72. The first kappa shape index (κ1) is 18.3. The molecule has 1 unspecified atom stereocenters. The maximum atomic E-state index is 11.5. The number of nitrogens with two attached hydrogens (primary N) is 1. The van der Waals surface area contributed by atoms with Crippen molar-refractivity contribution in [2.45, 2.75) is 45.4 Å². The standard InChI is InChI=1S/C9H19N2O6PS/c1-5(17-18(14,15)19)6(7(10)12)11-8(13)16-9(2,3)4/h5-6H,1-4H3,(H2,10,12)(H,11,13)(H2,14,15,19)/t5?,6-/m0/s1. The number of nitrogens with one attached hydrogen (secondary N) is 1. The van der Waals surface area contributed by atoms with Crippen molar-refractivity contribution in [3.05, 3.63) is 0 Å². The van der Waals surface area contributed by atoms with Gasteiger partial charge in [-0.1, -0.05) is 0 Å². The molecule has 0 aromatic carbocycles. The van der Waals surface area contributed by atoms with Crippen molar-refractivity contribution in [1.82, 2.24) is 5.32 Å². The minimum atomic E-state index is -3.97. The second-order valence-electron chi connectivity index (χ2n) is 4.83. The van der Waals surface area contributed by atoms with Gasteiger partial charge in [-0.25, -0.2) is 4.79 Å². The maximum Gasteiger partial charge on any atom is 0.408 e. The average molecular weight is 314 g/mol. The van der Waals surface area contributed by atoms with Crippen LogP contribution >= 0.6 is 6.72 Å². The zero-order chi connectivity index (χ0) is 15.4. The highest BCUT2D eigenvalue weighted by molar-refractivity contribution is 8.06. The summed E-state index contributed by atoms with van der Waals surface area (Å²) in [7, 11) is 0. The molecule has 0 spiro atoms. The predicted molar refractivity (Wildman–Crippen MR) is 71.6 cm³/mol. The van der Waals surface area contributed by atoms with Crippen molar-refractivity contribution in [2.75, 3.05) is 0 Å². The molecule has 0 bridgehead atoms. The van der Waals surface area contributed by atoms with Crippen molar-refractivity contribution in [1.29, 1.82) is 0 Å². The zero-order valence-electron chi connectivity index (χ0n) is 11.1. The van der Waals surface area contributed by atoms with Gasteiger partial charge in [-0.3, -0.25) is 4.79 Å². The first-order chi connectivity index (χ1) is 8.32. The highest BCUT2D eigenvalue weighted by Gasteiger charge is 2.30. The van der Waals surface area contributed by atoms with Crippen LogP contribution in [0.25, 0.3) is 0 Å². The van der Waals surface area contributed by atoms with Crippen LogP contribution in [-0.4, -0.2) is 39.5 Å². The molecule has 0 saturated carbocycles. The van der Waals surface area contributed by atoms with E-state index < -0.39 is 36.5 Å². The molecule has 0 saturated heterocycles. The van der Waals surface area contributed by atoms with Gasteiger partial charge in [0.1, 0.15) is 11.6 Å². The van der Waals surface area contributed by atoms with E-state index in [0.717, 1.165) is 0 Å². The summed E-state index contributed by atoms with van der Waals surface area (Å²) >= 11 is 4.27. The molecular formula is C9H19N2O6PS. The number of carbonyl (C=O) groups excluding carboxylic acids is 2. The number of primary amides is 1. The van der Waals surface area contributed by atoms with Gasteiger partial charge in [-0.15, -0.1) is 0 Å². The van der Waals surface area contributed by atoms with Crippen molar-refractivity contribution in [3.63, 3.8) is 0 Å². The molecule has 5 N–H and O–H groups in total. The number of hydrogen-bond acceptors (Lipinski definition) is 5. The van der Waals surface area contributed by atoms with E-state index >= 15 is 0 Å². The second-order valence-corrected chi connectivity index (χ2v) is 7.45. The Kier molecular flexibility index (Phi) is 6.37. The van der Waals surface area contributed by atoms with E-state index in [1.165, 1.54) is 6.92 Å². The molecule has 2 amide bonds. The van der Waals surface area contributed by atoms with Gasteiger partial charge in [0, 0.05) is 0 Å². The van der Waals surface area contributed by atoms with Crippen LogP contribution in [0.15, 0.2) is 0 Å². The van der Waals surface area contributed by atoms with Crippen LogP contribution < -0.4 is 11.1 Å². The lowest BCUT2D eigenvalue weighted by atomic mass is 10.2. The summed E-state index contributed by atoms with van der Waals surface area (Å²) in [6, 6.07) is -1.29. The third-order valence-corrected chi connectivity index (χ3v) is 2.62. The topological polar surface area (TPSA) is 131 Å². The number of amides is 2. The number of carbonyl (C=O) groups is 2. The van der Waals surface area contributed by atoms with Gasteiger partial charge in [-0.05, 0) is 39.5 Å². The van der Waals surface area contributed by atoms with Crippen LogP contribution in [0, 0.1) is 0 Å². The Labute approximate surface area is 116 Å². The molecular weight excluding hydrogens is 295 g/mol. The van der Waals surface area contributed by atoms with Crippen molar-refractivity contribution >= 4 is 30.5 Å². The van der Waals surface area contributed by atoms with Crippen LogP contribution in [-0.2, 0) is 25.9 Å². The summed E-state index contributed by atoms with van der Waals surface area (Å²) in [5, 5.41) is 2.18. The maximum absolute atomic E-state index is 11.5. The Morgan fingerprint density at radius 2 is 1.84 bits per heavy atom. The molecule has 0 radical (unpaired) electrons. The third-order valence-electron chi connectivity index (χ3n) is 1.75. The number of alkyl carbamates (subject to hydrolysis) is 1. The minimum Gasteiger partial charge on any atom is -0.444 e. The third kappa shape index (κ3) is 8.90. The molecule has 0 rings (SSSR count). The Morgan fingerprint density at radius 3 is 2.16 bits per heavy atom. The lowest BCUT2D eigenvalue weighted by Crippen LogP contribution is -2.52. The normalized spacial score (nSPS) is 15.5. The quantitative estimate of drug-likeness (QED) is 0.524. The van der Waals surface area contributed by atoms with Crippen molar-refractivity contribution in [3.8, 4) is 0 Å². The van der Waals surface area contributed by atoms with Gasteiger partial charge in [0.05, 0.1) is 6.10 Å². The van der Waals surface area contributed by atoms with Gasteiger partial charge in [0.2, 0.25) is 5.91 Å². The van der Waals surface area contributed by atoms with E-state index in [2.05, 4.69) is 21.6 Å². The molecule has 2 atom stereocenters. The molecule has 0 aromatic heterocycles. The first-order valence-corrected chi connectivity index (χ1v) is 7.97. The van der Waals surface area contributed by atoms with E-state index in [-0.39, 0.29) is 0 Å². The molecule has 0 aliphatic heterocycles. The molecule has 10 heteroatoms. The van der Waals surface area contributed by atoms with Crippen LogP contribution in [0.2, 0.25) is 0 Å². The summed E-state index contributed by atoms with van der Waals surface area (Å²) in [4.78, 5) is 40.7. The molecule has 0 aliphatic rings. The molecule has 112 valence electrons. The molecule has 0 aliphatic carbocycles.